The summed E-state index contributed by atoms with van der Waals surface area (Å²) in [5.41, 5.74) is 10.9. The molecule has 0 amide bonds. The molecule has 0 atom stereocenters. The fourth-order valence-corrected chi connectivity index (χ4v) is 1.38. The van der Waals surface area contributed by atoms with Gasteiger partial charge in [0.2, 0.25) is 0 Å². The quantitative estimate of drug-likeness (QED) is 0.511. The van der Waals surface area contributed by atoms with Crippen molar-refractivity contribution in [2.45, 2.75) is 19.8 Å². The minimum Gasteiger partial charge on any atom is -0.466 e. The molecule has 0 aromatic carbocycles. The molecule has 0 saturated heterocycles. The van der Waals surface area contributed by atoms with Gasteiger partial charge in [-0.3, -0.25) is 4.79 Å². The van der Waals surface area contributed by atoms with Gasteiger partial charge in [-0.2, -0.15) is 0 Å². The number of nitrogens with zero attached hydrogens (tertiary/aromatic N) is 1. The summed E-state index contributed by atoms with van der Waals surface area (Å²) in [5.74, 6) is -0.127. The molecule has 5 nitrogen and oxygen atoms in total. The molecule has 0 saturated carbocycles. The predicted molar refractivity (Wildman–Crippen MR) is 60.4 cm³/mol. The Balaban J connectivity index is 3.55. The molecule has 0 heterocycles. The second-order valence-electron chi connectivity index (χ2n) is 3.33. The average molecular weight is 217 g/mol. The Morgan fingerprint density at radius 3 is 2.27 bits per heavy atom. The summed E-state index contributed by atoms with van der Waals surface area (Å²) in [6, 6.07) is 0. The van der Waals surface area contributed by atoms with E-state index in [1.54, 1.807) is 0 Å². The van der Waals surface area contributed by atoms with Crippen molar-refractivity contribution in [1.29, 1.82) is 0 Å². The number of carbonyl (C=O) groups is 1. The number of esters is 1. The van der Waals surface area contributed by atoms with Crippen LogP contribution in [0.15, 0.2) is 0 Å². The van der Waals surface area contributed by atoms with Crippen LogP contribution in [0.5, 0.6) is 0 Å². The molecule has 0 fully saturated rings. The largest absolute Gasteiger partial charge is 0.466 e. The first-order valence-electron chi connectivity index (χ1n) is 5.52. The van der Waals surface area contributed by atoms with Crippen LogP contribution in [-0.2, 0) is 9.53 Å². The van der Waals surface area contributed by atoms with Crippen LogP contribution in [0.25, 0.3) is 0 Å². The standard InChI is InChI=1S/C10H23N3O2/c1-2-15-10(14)4-3-7-13(8-5-11)9-6-12/h2-9,11-12H2,1H3. The zero-order valence-corrected chi connectivity index (χ0v) is 9.58. The van der Waals surface area contributed by atoms with E-state index in [0.717, 1.165) is 26.1 Å². The Morgan fingerprint density at radius 2 is 1.80 bits per heavy atom. The van der Waals surface area contributed by atoms with Crippen molar-refractivity contribution < 1.29 is 9.53 Å². The van der Waals surface area contributed by atoms with Gasteiger partial charge in [0.25, 0.3) is 0 Å². The van der Waals surface area contributed by atoms with Gasteiger partial charge >= 0.3 is 5.97 Å². The lowest BCUT2D eigenvalue weighted by atomic mass is 10.3. The maximum absolute atomic E-state index is 11.1. The van der Waals surface area contributed by atoms with E-state index < -0.39 is 0 Å². The third-order valence-electron chi connectivity index (χ3n) is 2.05. The first-order chi connectivity index (χ1) is 7.24. The van der Waals surface area contributed by atoms with Gasteiger partial charge in [0, 0.05) is 32.6 Å². The summed E-state index contributed by atoms with van der Waals surface area (Å²) < 4.78 is 4.84. The van der Waals surface area contributed by atoms with Crippen molar-refractivity contribution in [3.8, 4) is 0 Å². The number of nitrogens with two attached hydrogens (primary N) is 2. The van der Waals surface area contributed by atoms with Crippen LogP contribution in [0.2, 0.25) is 0 Å². The molecule has 0 rings (SSSR count). The summed E-state index contributed by atoms with van der Waals surface area (Å²) >= 11 is 0. The van der Waals surface area contributed by atoms with Crippen LogP contribution in [0, 0.1) is 0 Å². The van der Waals surface area contributed by atoms with E-state index in [4.69, 9.17) is 16.2 Å². The lowest BCUT2D eigenvalue weighted by Gasteiger charge is -2.20. The molecule has 0 bridgehead atoms. The van der Waals surface area contributed by atoms with Crippen LogP contribution >= 0.6 is 0 Å². The lowest BCUT2D eigenvalue weighted by molar-refractivity contribution is -0.143. The average Bonchev–Trinajstić information content (AvgIpc) is 2.19. The predicted octanol–water partition coefficient (Wildman–Crippen LogP) is -0.451. The van der Waals surface area contributed by atoms with Crippen molar-refractivity contribution in [2.75, 3.05) is 39.3 Å². The highest BCUT2D eigenvalue weighted by atomic mass is 16.5. The Bertz CT molecular complexity index is 159. The van der Waals surface area contributed by atoms with Crippen LogP contribution in [0.4, 0.5) is 0 Å². The molecule has 90 valence electrons. The maximum atomic E-state index is 11.1. The van der Waals surface area contributed by atoms with E-state index >= 15 is 0 Å². The molecule has 0 aliphatic rings. The molecule has 0 radical (unpaired) electrons. The van der Waals surface area contributed by atoms with E-state index in [2.05, 4.69) is 4.90 Å². The minimum atomic E-state index is -0.127. The molecule has 5 heteroatoms. The third kappa shape index (κ3) is 8.35. The first kappa shape index (κ1) is 14.3. The summed E-state index contributed by atoms with van der Waals surface area (Å²) in [5, 5.41) is 0. The van der Waals surface area contributed by atoms with Crippen molar-refractivity contribution >= 4 is 5.97 Å². The highest BCUT2D eigenvalue weighted by Gasteiger charge is 2.05. The van der Waals surface area contributed by atoms with E-state index in [9.17, 15) is 4.79 Å². The zero-order chi connectivity index (χ0) is 11.5. The van der Waals surface area contributed by atoms with E-state index in [0.29, 0.717) is 26.1 Å². The van der Waals surface area contributed by atoms with Crippen molar-refractivity contribution in [3.05, 3.63) is 0 Å². The molecule has 4 N–H and O–H groups in total. The topological polar surface area (TPSA) is 81.6 Å². The van der Waals surface area contributed by atoms with Gasteiger partial charge in [-0.15, -0.1) is 0 Å². The van der Waals surface area contributed by atoms with Gasteiger partial charge in [-0.1, -0.05) is 0 Å². The van der Waals surface area contributed by atoms with Gasteiger partial charge < -0.3 is 21.1 Å². The Hall–Kier alpha value is -0.650. The van der Waals surface area contributed by atoms with Gasteiger partial charge in [-0.25, -0.2) is 0 Å². The number of carbonyl (C=O) groups excluding carboxylic acids is 1. The number of hydrogen-bond donors (Lipinski definition) is 2. The van der Waals surface area contributed by atoms with Crippen LogP contribution in [0.1, 0.15) is 19.8 Å². The SMILES string of the molecule is CCOC(=O)CCCN(CCN)CCN. The molecular formula is C10H23N3O2. The van der Waals surface area contributed by atoms with Gasteiger partial charge in [0.15, 0.2) is 0 Å². The fraction of sp³-hybridized carbons (Fsp3) is 0.900. The molecule has 0 aromatic heterocycles. The van der Waals surface area contributed by atoms with E-state index in [-0.39, 0.29) is 5.97 Å². The summed E-state index contributed by atoms with van der Waals surface area (Å²) in [6.45, 7) is 6.03. The second-order valence-corrected chi connectivity index (χ2v) is 3.33. The molecule has 15 heavy (non-hydrogen) atoms. The normalized spacial score (nSPS) is 10.7. The molecule has 0 spiro atoms. The molecule has 0 aliphatic carbocycles. The first-order valence-corrected chi connectivity index (χ1v) is 5.52. The number of hydrogen-bond acceptors (Lipinski definition) is 5. The maximum Gasteiger partial charge on any atom is 0.305 e. The number of ether oxygens (including phenoxy) is 1. The monoisotopic (exact) mass is 217 g/mol. The highest BCUT2D eigenvalue weighted by Crippen LogP contribution is 1.96. The fourth-order valence-electron chi connectivity index (χ4n) is 1.38. The molecular weight excluding hydrogens is 194 g/mol. The van der Waals surface area contributed by atoms with Crippen LogP contribution in [-0.4, -0.2) is 50.2 Å². The van der Waals surface area contributed by atoms with Crippen LogP contribution < -0.4 is 11.5 Å². The lowest BCUT2D eigenvalue weighted by Crippen LogP contribution is -2.34. The highest BCUT2D eigenvalue weighted by molar-refractivity contribution is 5.69. The Kier molecular flexibility index (Phi) is 9.46. The van der Waals surface area contributed by atoms with Crippen molar-refractivity contribution in [1.82, 2.24) is 4.90 Å². The van der Waals surface area contributed by atoms with Gasteiger partial charge in [0.05, 0.1) is 6.61 Å². The number of rotatable bonds is 9. The smallest absolute Gasteiger partial charge is 0.305 e. The van der Waals surface area contributed by atoms with E-state index in [1.807, 2.05) is 6.92 Å². The minimum absolute atomic E-state index is 0.127. The zero-order valence-electron chi connectivity index (χ0n) is 9.58. The second kappa shape index (κ2) is 9.89. The molecule has 0 aromatic rings. The van der Waals surface area contributed by atoms with Gasteiger partial charge in [0.1, 0.15) is 0 Å². The van der Waals surface area contributed by atoms with Crippen molar-refractivity contribution in [2.24, 2.45) is 11.5 Å². The third-order valence-corrected chi connectivity index (χ3v) is 2.05. The summed E-state index contributed by atoms with van der Waals surface area (Å²) in [6.07, 6.45) is 1.28. The van der Waals surface area contributed by atoms with Gasteiger partial charge in [-0.05, 0) is 19.9 Å². The van der Waals surface area contributed by atoms with Crippen molar-refractivity contribution in [3.63, 3.8) is 0 Å². The summed E-state index contributed by atoms with van der Waals surface area (Å²) in [7, 11) is 0. The Morgan fingerprint density at radius 1 is 1.20 bits per heavy atom. The molecule has 0 unspecified atom stereocenters. The molecule has 0 aliphatic heterocycles. The summed E-state index contributed by atoms with van der Waals surface area (Å²) in [4.78, 5) is 13.2. The van der Waals surface area contributed by atoms with Crippen LogP contribution in [0.3, 0.4) is 0 Å². The Labute approximate surface area is 91.7 Å². The van der Waals surface area contributed by atoms with E-state index in [1.165, 1.54) is 0 Å².